The van der Waals surface area contributed by atoms with E-state index in [0.29, 0.717) is 12.8 Å². The minimum Gasteiger partial charge on any atom is -0.361 e. The van der Waals surface area contributed by atoms with Crippen LogP contribution < -0.4 is 0 Å². The molecule has 0 aliphatic heterocycles. The summed E-state index contributed by atoms with van der Waals surface area (Å²) in [5, 5.41) is 9.33. The number of aromatic nitrogens is 1. The zero-order chi connectivity index (χ0) is 9.97. The van der Waals surface area contributed by atoms with Crippen molar-refractivity contribution < 1.29 is 4.39 Å². The Balaban J connectivity index is 2.46. The van der Waals surface area contributed by atoms with E-state index in [1.54, 1.807) is 6.07 Å². The number of nitriles is 1. The first kappa shape index (κ1) is 8.76. The number of aryl methyl sites for hydroxylation is 1. The van der Waals surface area contributed by atoms with Gasteiger partial charge >= 0.3 is 0 Å². The van der Waals surface area contributed by atoms with Crippen LogP contribution in [0.1, 0.15) is 12.0 Å². The van der Waals surface area contributed by atoms with Gasteiger partial charge in [-0.25, -0.2) is 4.39 Å². The monoisotopic (exact) mass is 188 g/mol. The Labute approximate surface area is 81.0 Å². The molecule has 14 heavy (non-hydrogen) atoms. The summed E-state index contributed by atoms with van der Waals surface area (Å²) in [5.41, 5.74) is 1.92. The van der Waals surface area contributed by atoms with Crippen LogP contribution in [0.25, 0.3) is 10.9 Å². The van der Waals surface area contributed by atoms with Crippen molar-refractivity contribution in [1.29, 1.82) is 5.26 Å². The van der Waals surface area contributed by atoms with E-state index in [2.05, 4.69) is 11.1 Å². The normalized spacial score (nSPS) is 10.3. The van der Waals surface area contributed by atoms with Gasteiger partial charge in [-0.15, -0.1) is 0 Å². The second kappa shape index (κ2) is 3.51. The third kappa shape index (κ3) is 1.47. The molecule has 0 aliphatic carbocycles. The number of halogens is 1. The fourth-order valence-corrected chi connectivity index (χ4v) is 1.55. The van der Waals surface area contributed by atoms with Gasteiger partial charge in [0.15, 0.2) is 0 Å². The SMILES string of the molecule is N#CCCc1c[nH]c2ccc(F)cc12. The summed E-state index contributed by atoms with van der Waals surface area (Å²) in [5.74, 6) is -0.240. The average Bonchev–Trinajstić information content (AvgIpc) is 2.57. The van der Waals surface area contributed by atoms with Crippen LogP contribution in [-0.4, -0.2) is 4.98 Å². The Bertz CT molecular complexity index is 493. The van der Waals surface area contributed by atoms with E-state index in [9.17, 15) is 4.39 Å². The predicted octanol–water partition coefficient (Wildman–Crippen LogP) is 2.76. The molecule has 0 saturated carbocycles. The van der Waals surface area contributed by atoms with Gasteiger partial charge in [-0.3, -0.25) is 0 Å². The van der Waals surface area contributed by atoms with Crippen molar-refractivity contribution in [1.82, 2.24) is 4.98 Å². The summed E-state index contributed by atoms with van der Waals surface area (Å²) in [6.07, 6.45) is 2.96. The fourth-order valence-electron chi connectivity index (χ4n) is 1.55. The van der Waals surface area contributed by atoms with Gasteiger partial charge in [-0.2, -0.15) is 5.26 Å². The van der Waals surface area contributed by atoms with E-state index in [4.69, 9.17) is 5.26 Å². The molecule has 3 heteroatoms. The number of rotatable bonds is 2. The molecule has 0 saturated heterocycles. The van der Waals surface area contributed by atoms with Crippen LogP contribution in [0.2, 0.25) is 0 Å². The van der Waals surface area contributed by atoms with Crippen LogP contribution >= 0.6 is 0 Å². The molecule has 0 unspecified atom stereocenters. The highest BCUT2D eigenvalue weighted by atomic mass is 19.1. The number of hydrogen-bond donors (Lipinski definition) is 1. The van der Waals surface area contributed by atoms with Crippen LogP contribution in [0.15, 0.2) is 24.4 Å². The lowest BCUT2D eigenvalue weighted by molar-refractivity contribution is 0.629. The van der Waals surface area contributed by atoms with Crippen molar-refractivity contribution in [2.75, 3.05) is 0 Å². The van der Waals surface area contributed by atoms with Gasteiger partial charge < -0.3 is 4.98 Å². The zero-order valence-electron chi connectivity index (χ0n) is 7.55. The highest BCUT2D eigenvalue weighted by Gasteiger charge is 2.03. The van der Waals surface area contributed by atoms with E-state index in [0.717, 1.165) is 16.5 Å². The van der Waals surface area contributed by atoms with Gasteiger partial charge in [-0.05, 0) is 30.2 Å². The number of H-pyrrole nitrogens is 1. The van der Waals surface area contributed by atoms with Crippen molar-refractivity contribution in [2.24, 2.45) is 0 Å². The summed E-state index contributed by atoms with van der Waals surface area (Å²) in [6, 6.07) is 6.71. The van der Waals surface area contributed by atoms with E-state index >= 15 is 0 Å². The molecule has 0 atom stereocenters. The Morgan fingerprint density at radius 3 is 3.07 bits per heavy atom. The van der Waals surface area contributed by atoms with Gasteiger partial charge in [0.05, 0.1) is 6.07 Å². The highest BCUT2D eigenvalue weighted by Crippen LogP contribution is 2.20. The molecule has 1 heterocycles. The van der Waals surface area contributed by atoms with Crippen LogP contribution in [-0.2, 0) is 6.42 Å². The number of hydrogen-bond acceptors (Lipinski definition) is 1. The molecule has 2 rings (SSSR count). The van der Waals surface area contributed by atoms with Crippen molar-refractivity contribution >= 4 is 10.9 Å². The first-order valence-corrected chi connectivity index (χ1v) is 4.44. The van der Waals surface area contributed by atoms with Crippen LogP contribution in [0.5, 0.6) is 0 Å². The van der Waals surface area contributed by atoms with Gasteiger partial charge in [0.1, 0.15) is 5.82 Å². The molecule has 2 aromatic rings. The van der Waals surface area contributed by atoms with Gasteiger partial charge in [0.2, 0.25) is 0 Å². The Hall–Kier alpha value is -1.82. The highest BCUT2D eigenvalue weighted by molar-refractivity contribution is 5.83. The quantitative estimate of drug-likeness (QED) is 0.773. The maximum atomic E-state index is 12.9. The minimum absolute atomic E-state index is 0.240. The lowest BCUT2D eigenvalue weighted by Gasteiger charge is -1.94. The minimum atomic E-state index is -0.240. The number of aromatic amines is 1. The van der Waals surface area contributed by atoms with E-state index < -0.39 is 0 Å². The van der Waals surface area contributed by atoms with Gasteiger partial charge in [0.25, 0.3) is 0 Å². The van der Waals surface area contributed by atoms with Crippen molar-refractivity contribution in [3.63, 3.8) is 0 Å². The zero-order valence-corrected chi connectivity index (χ0v) is 7.55. The fraction of sp³-hybridized carbons (Fsp3) is 0.182. The second-order valence-electron chi connectivity index (χ2n) is 3.16. The van der Waals surface area contributed by atoms with Crippen LogP contribution in [0.4, 0.5) is 4.39 Å². The maximum absolute atomic E-state index is 12.9. The average molecular weight is 188 g/mol. The standard InChI is InChI=1S/C11H9FN2/c12-9-3-4-11-10(6-9)8(7-14-11)2-1-5-13/h3-4,6-7,14H,1-2H2. The summed E-state index contributed by atoms with van der Waals surface area (Å²) in [7, 11) is 0. The molecule has 0 aliphatic rings. The second-order valence-corrected chi connectivity index (χ2v) is 3.16. The Morgan fingerprint density at radius 1 is 1.43 bits per heavy atom. The first-order chi connectivity index (χ1) is 6.81. The van der Waals surface area contributed by atoms with Crippen LogP contribution in [0.3, 0.4) is 0 Å². The molecule has 0 amide bonds. The molecule has 1 N–H and O–H groups in total. The molecule has 2 nitrogen and oxygen atoms in total. The van der Waals surface area contributed by atoms with E-state index in [1.807, 2.05) is 6.20 Å². The Morgan fingerprint density at radius 2 is 2.29 bits per heavy atom. The molecular formula is C11H9FN2. The third-order valence-electron chi connectivity index (χ3n) is 2.24. The number of fused-ring (bicyclic) bond motifs is 1. The number of nitrogens with zero attached hydrogens (tertiary/aromatic N) is 1. The van der Waals surface area contributed by atoms with Crippen molar-refractivity contribution in [3.8, 4) is 6.07 Å². The predicted molar refractivity (Wildman–Crippen MR) is 52.2 cm³/mol. The maximum Gasteiger partial charge on any atom is 0.123 e. The lowest BCUT2D eigenvalue weighted by atomic mass is 10.1. The smallest absolute Gasteiger partial charge is 0.123 e. The molecule has 0 bridgehead atoms. The van der Waals surface area contributed by atoms with Crippen molar-refractivity contribution in [3.05, 3.63) is 35.8 Å². The summed E-state index contributed by atoms with van der Waals surface area (Å²) >= 11 is 0. The third-order valence-corrected chi connectivity index (χ3v) is 2.24. The molecule has 70 valence electrons. The molecule has 1 aromatic carbocycles. The summed E-state index contributed by atoms with van der Waals surface area (Å²) < 4.78 is 12.9. The topological polar surface area (TPSA) is 39.6 Å². The molecule has 0 spiro atoms. The molecule has 0 radical (unpaired) electrons. The van der Waals surface area contributed by atoms with Crippen molar-refractivity contribution in [2.45, 2.75) is 12.8 Å². The largest absolute Gasteiger partial charge is 0.361 e. The van der Waals surface area contributed by atoms with Gasteiger partial charge in [0, 0.05) is 23.5 Å². The Kier molecular flexibility index (Phi) is 2.19. The number of benzene rings is 1. The summed E-state index contributed by atoms with van der Waals surface area (Å²) in [6.45, 7) is 0. The van der Waals surface area contributed by atoms with Gasteiger partial charge in [-0.1, -0.05) is 0 Å². The van der Waals surface area contributed by atoms with E-state index in [-0.39, 0.29) is 5.82 Å². The lowest BCUT2D eigenvalue weighted by Crippen LogP contribution is -1.81. The van der Waals surface area contributed by atoms with Crippen LogP contribution in [0, 0.1) is 17.1 Å². The summed E-state index contributed by atoms with van der Waals surface area (Å²) in [4.78, 5) is 3.05. The number of nitrogens with one attached hydrogen (secondary N) is 1. The molecule has 1 aromatic heterocycles. The van der Waals surface area contributed by atoms with E-state index in [1.165, 1.54) is 12.1 Å². The first-order valence-electron chi connectivity index (χ1n) is 4.44. The molecular weight excluding hydrogens is 179 g/mol. The molecule has 0 fully saturated rings.